The Balaban J connectivity index is 2.63. The van der Waals surface area contributed by atoms with Crippen LogP contribution in [-0.4, -0.2) is 27.5 Å². The summed E-state index contributed by atoms with van der Waals surface area (Å²) >= 11 is 4.92. The quantitative estimate of drug-likeness (QED) is 0.788. The fraction of sp³-hybridized carbons (Fsp3) is 0.538. The van der Waals surface area contributed by atoms with Gasteiger partial charge in [-0.2, -0.15) is 0 Å². The zero-order valence-electron chi connectivity index (χ0n) is 10.8. The van der Waals surface area contributed by atoms with Gasteiger partial charge in [-0.1, -0.05) is 18.3 Å². The van der Waals surface area contributed by atoms with Crippen molar-refractivity contribution in [3.05, 3.63) is 29.6 Å². The van der Waals surface area contributed by atoms with E-state index in [1.54, 1.807) is 0 Å². The fourth-order valence-electron chi connectivity index (χ4n) is 1.71. The lowest BCUT2D eigenvalue weighted by Crippen LogP contribution is -2.33. The fourth-order valence-corrected chi connectivity index (χ4v) is 1.80. The molecule has 1 heterocycles. The van der Waals surface area contributed by atoms with Crippen molar-refractivity contribution >= 4 is 17.2 Å². The van der Waals surface area contributed by atoms with Crippen molar-refractivity contribution in [3.63, 3.8) is 0 Å². The lowest BCUT2D eigenvalue weighted by Gasteiger charge is -2.26. The maximum absolute atomic E-state index is 5.55. The van der Waals surface area contributed by atoms with Gasteiger partial charge in [0.15, 0.2) is 0 Å². The molecule has 0 bridgehead atoms. The van der Waals surface area contributed by atoms with E-state index in [-0.39, 0.29) is 0 Å². The van der Waals surface area contributed by atoms with Crippen LogP contribution in [0.3, 0.4) is 0 Å². The third kappa shape index (κ3) is 5.24. The number of nitrogens with two attached hydrogens (primary N) is 1. The van der Waals surface area contributed by atoms with Gasteiger partial charge in [0, 0.05) is 37.9 Å². The number of hydrogen-bond donors (Lipinski definition) is 1. The summed E-state index contributed by atoms with van der Waals surface area (Å²) in [5.41, 5.74) is 7.98. The summed E-state index contributed by atoms with van der Waals surface area (Å²) < 4.78 is 0. The summed E-state index contributed by atoms with van der Waals surface area (Å²) in [5.74, 6) is 0. The van der Waals surface area contributed by atoms with Crippen molar-refractivity contribution < 1.29 is 0 Å². The molecule has 17 heavy (non-hydrogen) atoms. The second-order valence-corrected chi connectivity index (χ2v) is 5.18. The molecule has 1 aromatic heterocycles. The molecule has 0 saturated heterocycles. The highest BCUT2D eigenvalue weighted by atomic mass is 32.1. The zero-order chi connectivity index (χ0) is 12.8. The van der Waals surface area contributed by atoms with Crippen molar-refractivity contribution in [3.8, 4) is 0 Å². The van der Waals surface area contributed by atoms with Crippen LogP contribution in [0.5, 0.6) is 0 Å². The van der Waals surface area contributed by atoms with Crippen LogP contribution in [0.4, 0.5) is 0 Å². The maximum atomic E-state index is 5.55. The highest BCUT2D eigenvalue weighted by molar-refractivity contribution is 7.80. The normalized spacial score (nSPS) is 11.1. The van der Waals surface area contributed by atoms with Crippen LogP contribution in [0.2, 0.25) is 0 Å². The standard InChI is InChI=1S/C13H21N3S/c1-10(2)16(5-4-13(14)17)9-12-6-11(3)7-15-8-12/h6-8,10H,4-5,9H2,1-3H3,(H2,14,17). The van der Waals surface area contributed by atoms with Crippen LogP contribution in [0.15, 0.2) is 18.5 Å². The molecule has 0 fully saturated rings. The molecule has 0 aliphatic carbocycles. The van der Waals surface area contributed by atoms with Gasteiger partial charge in [0.05, 0.1) is 4.99 Å². The lowest BCUT2D eigenvalue weighted by atomic mass is 10.2. The van der Waals surface area contributed by atoms with Gasteiger partial charge in [-0.05, 0) is 31.9 Å². The molecule has 0 spiro atoms. The van der Waals surface area contributed by atoms with Gasteiger partial charge in [-0.15, -0.1) is 0 Å². The SMILES string of the molecule is Cc1cncc(CN(CCC(N)=S)C(C)C)c1. The molecule has 0 saturated carbocycles. The monoisotopic (exact) mass is 251 g/mol. The summed E-state index contributed by atoms with van der Waals surface area (Å²) in [7, 11) is 0. The van der Waals surface area contributed by atoms with Crippen LogP contribution >= 0.6 is 12.2 Å². The van der Waals surface area contributed by atoms with Crippen LogP contribution in [0, 0.1) is 6.92 Å². The number of rotatable bonds is 6. The zero-order valence-corrected chi connectivity index (χ0v) is 11.6. The Morgan fingerprint density at radius 3 is 2.71 bits per heavy atom. The second kappa shape index (κ2) is 6.67. The topological polar surface area (TPSA) is 42.2 Å². The lowest BCUT2D eigenvalue weighted by molar-refractivity contribution is 0.219. The van der Waals surface area contributed by atoms with Gasteiger partial charge in [0.1, 0.15) is 0 Å². The minimum absolute atomic E-state index is 0.477. The number of pyridine rings is 1. The molecular weight excluding hydrogens is 230 g/mol. The molecule has 0 aromatic carbocycles. The molecule has 94 valence electrons. The Kier molecular flexibility index (Phi) is 5.51. The van der Waals surface area contributed by atoms with Crippen LogP contribution in [0.1, 0.15) is 31.4 Å². The molecule has 3 nitrogen and oxygen atoms in total. The molecule has 0 amide bonds. The highest BCUT2D eigenvalue weighted by Gasteiger charge is 2.10. The molecule has 0 aliphatic heterocycles. The first kappa shape index (κ1) is 14.1. The van der Waals surface area contributed by atoms with Gasteiger partial charge >= 0.3 is 0 Å². The first-order chi connectivity index (χ1) is 7.99. The molecule has 0 aliphatic rings. The number of hydrogen-bond acceptors (Lipinski definition) is 3. The Labute approximate surface area is 109 Å². The third-order valence-electron chi connectivity index (χ3n) is 2.69. The second-order valence-electron chi connectivity index (χ2n) is 4.65. The van der Waals surface area contributed by atoms with Crippen LogP contribution in [-0.2, 0) is 6.54 Å². The summed E-state index contributed by atoms with van der Waals surface area (Å²) in [6.07, 6.45) is 4.56. The molecule has 1 rings (SSSR count). The largest absolute Gasteiger partial charge is 0.393 e. The molecule has 0 atom stereocenters. The van der Waals surface area contributed by atoms with E-state index in [4.69, 9.17) is 18.0 Å². The molecular formula is C13H21N3S. The van der Waals surface area contributed by atoms with Crippen molar-refractivity contribution in [2.24, 2.45) is 5.73 Å². The van der Waals surface area contributed by atoms with E-state index in [1.807, 2.05) is 12.4 Å². The first-order valence-electron chi connectivity index (χ1n) is 5.92. The number of nitrogens with zero attached hydrogens (tertiary/aromatic N) is 2. The molecule has 2 N–H and O–H groups in total. The molecule has 4 heteroatoms. The molecule has 1 aromatic rings. The number of thiocarbonyl (C=S) groups is 1. The smallest absolute Gasteiger partial charge is 0.0740 e. The van der Waals surface area contributed by atoms with E-state index in [0.717, 1.165) is 19.5 Å². The Hall–Kier alpha value is -1.00. The van der Waals surface area contributed by atoms with E-state index in [2.05, 4.69) is 36.7 Å². The highest BCUT2D eigenvalue weighted by Crippen LogP contribution is 2.09. The summed E-state index contributed by atoms with van der Waals surface area (Å²) in [6.45, 7) is 8.23. The van der Waals surface area contributed by atoms with E-state index in [9.17, 15) is 0 Å². The van der Waals surface area contributed by atoms with Crippen molar-refractivity contribution in [1.29, 1.82) is 0 Å². The predicted octanol–water partition coefficient (Wildman–Crippen LogP) is 2.28. The van der Waals surface area contributed by atoms with Crippen molar-refractivity contribution in [2.45, 2.75) is 39.8 Å². The average Bonchev–Trinajstić information content (AvgIpc) is 2.23. The third-order valence-corrected chi connectivity index (χ3v) is 2.90. The average molecular weight is 251 g/mol. The Bertz CT molecular complexity index is 377. The molecule has 0 radical (unpaired) electrons. The van der Waals surface area contributed by atoms with Crippen LogP contribution in [0.25, 0.3) is 0 Å². The van der Waals surface area contributed by atoms with Gasteiger partial charge in [0.25, 0.3) is 0 Å². The van der Waals surface area contributed by atoms with Crippen LogP contribution < -0.4 is 5.73 Å². The van der Waals surface area contributed by atoms with Gasteiger partial charge in [0.2, 0.25) is 0 Å². The summed E-state index contributed by atoms with van der Waals surface area (Å²) in [6, 6.07) is 2.65. The van der Waals surface area contributed by atoms with Crippen molar-refractivity contribution in [1.82, 2.24) is 9.88 Å². The van der Waals surface area contributed by atoms with E-state index in [1.165, 1.54) is 11.1 Å². The summed E-state index contributed by atoms with van der Waals surface area (Å²) in [5, 5.41) is 0. The minimum Gasteiger partial charge on any atom is -0.393 e. The maximum Gasteiger partial charge on any atom is 0.0740 e. The van der Waals surface area contributed by atoms with Gasteiger partial charge < -0.3 is 5.73 Å². The minimum atomic E-state index is 0.477. The van der Waals surface area contributed by atoms with Crippen molar-refractivity contribution in [2.75, 3.05) is 6.54 Å². The van der Waals surface area contributed by atoms with Gasteiger partial charge in [-0.3, -0.25) is 9.88 Å². The summed E-state index contributed by atoms with van der Waals surface area (Å²) in [4.78, 5) is 7.15. The van der Waals surface area contributed by atoms with E-state index in [0.29, 0.717) is 11.0 Å². The van der Waals surface area contributed by atoms with E-state index >= 15 is 0 Å². The predicted molar refractivity (Wildman–Crippen MR) is 75.9 cm³/mol. The van der Waals surface area contributed by atoms with Gasteiger partial charge in [-0.25, -0.2) is 0 Å². The number of aryl methyl sites for hydroxylation is 1. The number of aromatic nitrogens is 1. The molecule has 0 unspecified atom stereocenters. The first-order valence-corrected chi connectivity index (χ1v) is 6.32. The van der Waals surface area contributed by atoms with E-state index < -0.39 is 0 Å². The Morgan fingerprint density at radius 1 is 1.47 bits per heavy atom. The Morgan fingerprint density at radius 2 is 2.18 bits per heavy atom.